The number of carbonyl (C=O) groups is 2. The fraction of sp³-hybridized carbons (Fsp3) is 0.867. The zero-order chi connectivity index (χ0) is 14.8. The molecule has 1 saturated carbocycles. The molecule has 0 unspecified atom stereocenters. The molecule has 114 valence electrons. The number of alkyl carbamates (subject to hydrolysis) is 1. The van der Waals surface area contributed by atoms with Gasteiger partial charge in [-0.2, -0.15) is 0 Å². The van der Waals surface area contributed by atoms with Gasteiger partial charge in [-0.05, 0) is 52.4 Å². The van der Waals surface area contributed by atoms with E-state index in [9.17, 15) is 9.59 Å². The Kier molecular flexibility index (Phi) is 4.55. The van der Waals surface area contributed by atoms with E-state index in [1.54, 1.807) is 0 Å². The van der Waals surface area contributed by atoms with Crippen molar-refractivity contribution in [1.82, 2.24) is 10.2 Å². The van der Waals surface area contributed by atoms with Crippen LogP contribution in [0.3, 0.4) is 0 Å². The van der Waals surface area contributed by atoms with Crippen molar-refractivity contribution in [2.75, 3.05) is 19.6 Å². The van der Waals surface area contributed by atoms with Crippen LogP contribution in [0, 0.1) is 11.8 Å². The molecule has 2 fully saturated rings. The first-order valence-electron chi connectivity index (χ1n) is 7.61. The summed E-state index contributed by atoms with van der Waals surface area (Å²) in [6.45, 7) is 7.87. The van der Waals surface area contributed by atoms with Gasteiger partial charge in [-0.25, -0.2) is 4.79 Å². The second-order valence-corrected chi connectivity index (χ2v) is 6.93. The van der Waals surface area contributed by atoms with E-state index in [1.165, 1.54) is 0 Å². The highest BCUT2D eigenvalue weighted by molar-refractivity contribution is 5.81. The van der Waals surface area contributed by atoms with Gasteiger partial charge in [-0.15, -0.1) is 0 Å². The Morgan fingerprint density at radius 3 is 2.25 bits per heavy atom. The van der Waals surface area contributed by atoms with Gasteiger partial charge in [0.25, 0.3) is 0 Å². The zero-order valence-corrected chi connectivity index (χ0v) is 12.8. The average Bonchev–Trinajstić information content (AvgIpc) is 3.18. The van der Waals surface area contributed by atoms with Crippen LogP contribution in [0.1, 0.15) is 46.5 Å². The number of nitrogens with zero attached hydrogens (tertiary/aromatic N) is 1. The largest absolute Gasteiger partial charge is 0.444 e. The highest BCUT2D eigenvalue weighted by atomic mass is 16.6. The molecule has 5 nitrogen and oxygen atoms in total. The molecule has 0 radical (unpaired) electrons. The maximum absolute atomic E-state index is 11.9. The zero-order valence-electron chi connectivity index (χ0n) is 12.8. The van der Waals surface area contributed by atoms with Crippen LogP contribution in [-0.4, -0.2) is 42.1 Å². The van der Waals surface area contributed by atoms with E-state index >= 15 is 0 Å². The van der Waals surface area contributed by atoms with Gasteiger partial charge in [-0.1, -0.05) is 0 Å². The van der Waals surface area contributed by atoms with Crippen LogP contribution >= 0.6 is 0 Å². The summed E-state index contributed by atoms with van der Waals surface area (Å²) in [5, 5.41) is 2.82. The van der Waals surface area contributed by atoms with E-state index < -0.39 is 5.60 Å². The standard InChI is InChI=1S/C15H26N2O3/c1-15(2,3)20-14(19)16-10-11-6-8-17(9-7-11)13(18)12-4-5-12/h11-12H,4-10H2,1-3H3,(H,16,19). The van der Waals surface area contributed by atoms with Crippen LogP contribution < -0.4 is 5.32 Å². The third-order valence-electron chi connectivity index (χ3n) is 3.79. The van der Waals surface area contributed by atoms with Crippen molar-refractivity contribution in [3.63, 3.8) is 0 Å². The molecule has 20 heavy (non-hydrogen) atoms. The van der Waals surface area contributed by atoms with Crippen molar-refractivity contribution < 1.29 is 14.3 Å². The molecule has 1 aliphatic carbocycles. The highest BCUT2D eigenvalue weighted by Crippen LogP contribution is 2.32. The summed E-state index contributed by atoms with van der Waals surface area (Å²) in [6.07, 6.45) is 3.72. The van der Waals surface area contributed by atoms with Crippen molar-refractivity contribution >= 4 is 12.0 Å². The molecule has 0 spiro atoms. The van der Waals surface area contributed by atoms with Gasteiger partial charge in [0.05, 0.1) is 0 Å². The van der Waals surface area contributed by atoms with E-state index in [0.717, 1.165) is 38.8 Å². The summed E-state index contributed by atoms with van der Waals surface area (Å²) in [6, 6.07) is 0. The molecular formula is C15H26N2O3. The summed E-state index contributed by atoms with van der Waals surface area (Å²) in [7, 11) is 0. The number of likely N-dealkylation sites (tertiary alicyclic amines) is 1. The smallest absolute Gasteiger partial charge is 0.407 e. The summed E-state index contributed by atoms with van der Waals surface area (Å²) in [5.74, 6) is 1.10. The fourth-order valence-corrected chi connectivity index (χ4v) is 2.49. The third kappa shape index (κ3) is 4.69. The lowest BCUT2D eigenvalue weighted by atomic mass is 9.96. The van der Waals surface area contributed by atoms with Gasteiger partial charge in [0.15, 0.2) is 0 Å². The molecule has 0 aromatic rings. The van der Waals surface area contributed by atoms with Gasteiger partial charge in [0, 0.05) is 25.6 Å². The SMILES string of the molecule is CC(C)(C)OC(=O)NCC1CCN(C(=O)C2CC2)CC1. The first kappa shape index (κ1) is 15.1. The van der Waals surface area contributed by atoms with E-state index in [0.29, 0.717) is 24.3 Å². The number of piperidine rings is 1. The Morgan fingerprint density at radius 1 is 1.15 bits per heavy atom. The molecule has 5 heteroatoms. The first-order valence-corrected chi connectivity index (χ1v) is 7.61. The normalized spacial score (nSPS) is 20.6. The molecule has 1 saturated heterocycles. The van der Waals surface area contributed by atoms with Crippen molar-refractivity contribution in [1.29, 1.82) is 0 Å². The summed E-state index contributed by atoms with van der Waals surface area (Å²) in [4.78, 5) is 25.5. The Labute approximate surface area is 121 Å². The molecule has 0 aromatic carbocycles. The minimum atomic E-state index is -0.454. The number of rotatable bonds is 3. The molecule has 2 amide bonds. The highest BCUT2D eigenvalue weighted by Gasteiger charge is 2.34. The van der Waals surface area contributed by atoms with Gasteiger partial charge < -0.3 is 15.0 Å². The third-order valence-corrected chi connectivity index (χ3v) is 3.79. The Bertz CT molecular complexity index is 364. The Balaban J connectivity index is 1.64. The molecule has 2 rings (SSSR count). The lowest BCUT2D eigenvalue weighted by Gasteiger charge is -2.32. The van der Waals surface area contributed by atoms with Crippen LogP contribution in [0.15, 0.2) is 0 Å². The van der Waals surface area contributed by atoms with Crippen LogP contribution in [0.5, 0.6) is 0 Å². The lowest BCUT2D eigenvalue weighted by Crippen LogP contribution is -2.42. The molecule has 0 aromatic heterocycles. The maximum Gasteiger partial charge on any atom is 0.407 e. The topological polar surface area (TPSA) is 58.6 Å². The van der Waals surface area contributed by atoms with Gasteiger partial charge in [0.1, 0.15) is 5.60 Å². The maximum atomic E-state index is 11.9. The molecular weight excluding hydrogens is 256 g/mol. The van der Waals surface area contributed by atoms with Crippen LogP contribution in [0.4, 0.5) is 4.79 Å². The Morgan fingerprint density at radius 2 is 1.75 bits per heavy atom. The predicted octanol–water partition coefficient (Wildman–Crippen LogP) is 2.16. The minimum Gasteiger partial charge on any atom is -0.444 e. The number of carbonyl (C=O) groups excluding carboxylic acids is 2. The van der Waals surface area contributed by atoms with Crippen LogP contribution in [0.2, 0.25) is 0 Å². The second-order valence-electron chi connectivity index (χ2n) is 6.93. The predicted molar refractivity (Wildman–Crippen MR) is 76.3 cm³/mol. The van der Waals surface area contributed by atoms with E-state index in [1.807, 2.05) is 25.7 Å². The van der Waals surface area contributed by atoms with Crippen molar-refractivity contribution in [2.45, 2.75) is 52.1 Å². The van der Waals surface area contributed by atoms with Crippen molar-refractivity contribution in [3.8, 4) is 0 Å². The lowest BCUT2D eigenvalue weighted by molar-refractivity contribution is -0.133. The molecule has 1 aliphatic heterocycles. The van der Waals surface area contributed by atoms with E-state index in [4.69, 9.17) is 4.74 Å². The number of hydrogen-bond acceptors (Lipinski definition) is 3. The molecule has 0 atom stereocenters. The Hall–Kier alpha value is -1.26. The average molecular weight is 282 g/mol. The monoisotopic (exact) mass is 282 g/mol. The van der Waals surface area contributed by atoms with Crippen molar-refractivity contribution in [2.24, 2.45) is 11.8 Å². The van der Waals surface area contributed by atoms with Crippen molar-refractivity contribution in [3.05, 3.63) is 0 Å². The van der Waals surface area contributed by atoms with Crippen LogP contribution in [-0.2, 0) is 9.53 Å². The van der Waals surface area contributed by atoms with E-state index in [-0.39, 0.29) is 6.09 Å². The number of nitrogens with one attached hydrogen (secondary N) is 1. The summed E-state index contributed by atoms with van der Waals surface area (Å²) < 4.78 is 5.21. The minimum absolute atomic E-state index is 0.312. The molecule has 0 bridgehead atoms. The number of amides is 2. The first-order chi connectivity index (χ1) is 9.35. The van der Waals surface area contributed by atoms with Gasteiger partial charge in [-0.3, -0.25) is 4.79 Å². The summed E-state index contributed by atoms with van der Waals surface area (Å²) >= 11 is 0. The summed E-state index contributed by atoms with van der Waals surface area (Å²) in [5.41, 5.74) is -0.454. The number of ether oxygens (including phenoxy) is 1. The molecule has 2 aliphatic rings. The van der Waals surface area contributed by atoms with Gasteiger partial charge in [0.2, 0.25) is 5.91 Å². The quantitative estimate of drug-likeness (QED) is 0.863. The van der Waals surface area contributed by atoms with Gasteiger partial charge >= 0.3 is 6.09 Å². The molecule has 1 N–H and O–H groups in total. The fourth-order valence-electron chi connectivity index (χ4n) is 2.49. The van der Waals surface area contributed by atoms with Crippen LogP contribution in [0.25, 0.3) is 0 Å². The second kappa shape index (κ2) is 6.02. The number of hydrogen-bond donors (Lipinski definition) is 1. The molecule has 1 heterocycles. The van der Waals surface area contributed by atoms with E-state index in [2.05, 4.69) is 5.32 Å².